The second-order valence-electron chi connectivity index (χ2n) is 3.72. The van der Waals surface area contributed by atoms with E-state index in [1.165, 1.54) is 4.88 Å². The minimum Gasteiger partial charge on any atom is -0.390 e. The van der Waals surface area contributed by atoms with Gasteiger partial charge in [0.15, 0.2) is 0 Å². The van der Waals surface area contributed by atoms with Crippen LogP contribution in [-0.2, 0) is 13.1 Å². The van der Waals surface area contributed by atoms with E-state index in [-0.39, 0.29) is 0 Å². The van der Waals surface area contributed by atoms with Crippen molar-refractivity contribution < 1.29 is 5.11 Å². The first-order valence-corrected chi connectivity index (χ1v) is 6.54. The van der Waals surface area contributed by atoms with Gasteiger partial charge in [0.1, 0.15) is 0 Å². The fourth-order valence-corrected chi connectivity index (χ4v) is 2.55. The van der Waals surface area contributed by atoms with Gasteiger partial charge in [0, 0.05) is 30.4 Å². The molecule has 0 radical (unpaired) electrons. The summed E-state index contributed by atoms with van der Waals surface area (Å²) in [6, 6.07) is 5.71. The van der Waals surface area contributed by atoms with E-state index in [2.05, 4.69) is 10.4 Å². The van der Waals surface area contributed by atoms with Crippen LogP contribution in [0.15, 0.2) is 30.6 Å². The molecule has 2 aromatic heterocycles. The summed E-state index contributed by atoms with van der Waals surface area (Å²) in [5, 5.41) is 17.0. The maximum atomic E-state index is 9.76. The van der Waals surface area contributed by atoms with Crippen molar-refractivity contribution in [2.45, 2.75) is 19.2 Å². The van der Waals surface area contributed by atoms with E-state index in [0.29, 0.717) is 13.1 Å². The summed E-state index contributed by atoms with van der Waals surface area (Å²) < 4.78 is 2.51. The molecule has 2 aromatic rings. The lowest BCUT2D eigenvalue weighted by Gasteiger charge is -2.11. The topological polar surface area (TPSA) is 50.1 Å². The van der Waals surface area contributed by atoms with Crippen LogP contribution in [0.4, 0.5) is 0 Å². The Kier molecular flexibility index (Phi) is 4.56. The van der Waals surface area contributed by atoms with Gasteiger partial charge in [0.2, 0.25) is 0 Å². The Morgan fingerprint density at radius 3 is 3.06 bits per heavy atom. The van der Waals surface area contributed by atoms with E-state index in [4.69, 9.17) is 11.6 Å². The number of aliphatic hydroxyl groups excluding tert-OH is 1. The fraction of sp³-hybridized carbons (Fsp3) is 0.364. The Morgan fingerprint density at radius 2 is 2.41 bits per heavy atom. The molecule has 4 nitrogen and oxygen atoms in total. The molecule has 1 unspecified atom stereocenters. The molecular weight excluding hydrogens is 258 g/mol. The predicted octanol–water partition coefficient (Wildman–Crippen LogP) is 1.75. The van der Waals surface area contributed by atoms with Crippen molar-refractivity contribution in [3.8, 4) is 0 Å². The van der Waals surface area contributed by atoms with Gasteiger partial charge in [-0.3, -0.25) is 4.68 Å². The highest BCUT2D eigenvalue weighted by Crippen LogP contribution is 2.20. The third-order valence-corrected chi connectivity index (χ3v) is 3.50. The van der Waals surface area contributed by atoms with Crippen LogP contribution in [-0.4, -0.2) is 27.5 Å². The van der Waals surface area contributed by atoms with E-state index in [1.54, 1.807) is 22.2 Å². The lowest BCUT2D eigenvalue weighted by Crippen LogP contribution is -2.29. The average molecular weight is 272 g/mol. The Bertz CT molecular complexity index is 443. The molecule has 2 N–H and O–H groups in total. The number of hydrogen-bond acceptors (Lipinski definition) is 4. The van der Waals surface area contributed by atoms with Crippen molar-refractivity contribution in [1.82, 2.24) is 15.1 Å². The zero-order chi connectivity index (χ0) is 12.1. The highest BCUT2D eigenvalue weighted by molar-refractivity contribution is 7.16. The Labute approximate surface area is 109 Å². The molecule has 0 amide bonds. The molecule has 17 heavy (non-hydrogen) atoms. The van der Waals surface area contributed by atoms with Gasteiger partial charge < -0.3 is 10.4 Å². The van der Waals surface area contributed by atoms with E-state index < -0.39 is 6.10 Å². The van der Waals surface area contributed by atoms with Gasteiger partial charge in [-0.1, -0.05) is 11.6 Å². The molecule has 0 fully saturated rings. The van der Waals surface area contributed by atoms with Gasteiger partial charge in [-0.15, -0.1) is 11.3 Å². The van der Waals surface area contributed by atoms with Crippen LogP contribution in [0.3, 0.4) is 0 Å². The number of aliphatic hydroxyl groups is 1. The SMILES string of the molecule is OC(CNCc1ccc(Cl)s1)Cn1cccn1. The van der Waals surface area contributed by atoms with Crippen LogP contribution >= 0.6 is 22.9 Å². The monoisotopic (exact) mass is 271 g/mol. The molecule has 0 aliphatic carbocycles. The van der Waals surface area contributed by atoms with E-state index in [9.17, 15) is 5.11 Å². The normalized spacial score (nSPS) is 12.8. The second-order valence-corrected chi connectivity index (χ2v) is 5.52. The summed E-state index contributed by atoms with van der Waals surface area (Å²) in [5.41, 5.74) is 0. The van der Waals surface area contributed by atoms with Crippen molar-refractivity contribution >= 4 is 22.9 Å². The number of aromatic nitrogens is 2. The molecular formula is C11H14ClN3OS. The molecule has 0 aliphatic heterocycles. The molecule has 2 rings (SSSR count). The number of hydrogen-bond donors (Lipinski definition) is 2. The Morgan fingerprint density at radius 1 is 1.53 bits per heavy atom. The van der Waals surface area contributed by atoms with Crippen LogP contribution in [0.5, 0.6) is 0 Å². The first-order chi connectivity index (χ1) is 8.24. The summed E-state index contributed by atoms with van der Waals surface area (Å²) in [7, 11) is 0. The van der Waals surface area contributed by atoms with Crippen LogP contribution in [0.1, 0.15) is 4.88 Å². The van der Waals surface area contributed by atoms with E-state index in [1.807, 2.05) is 24.4 Å². The minimum atomic E-state index is -0.440. The second kappa shape index (κ2) is 6.16. The summed E-state index contributed by atoms with van der Waals surface area (Å²) >= 11 is 7.37. The van der Waals surface area contributed by atoms with Crippen LogP contribution in [0, 0.1) is 0 Å². The number of thiophene rings is 1. The highest BCUT2D eigenvalue weighted by atomic mass is 35.5. The molecule has 2 heterocycles. The van der Waals surface area contributed by atoms with Gasteiger partial charge in [-0.05, 0) is 18.2 Å². The first-order valence-electron chi connectivity index (χ1n) is 5.34. The van der Waals surface area contributed by atoms with Crippen molar-refractivity contribution in [1.29, 1.82) is 0 Å². The maximum Gasteiger partial charge on any atom is 0.0931 e. The Hall–Kier alpha value is -0.880. The number of nitrogens with one attached hydrogen (secondary N) is 1. The molecule has 0 aromatic carbocycles. The molecule has 0 aliphatic rings. The molecule has 0 saturated heterocycles. The van der Waals surface area contributed by atoms with Crippen molar-refractivity contribution in [2.24, 2.45) is 0 Å². The summed E-state index contributed by atoms with van der Waals surface area (Å²) in [4.78, 5) is 1.17. The quantitative estimate of drug-likeness (QED) is 0.842. The smallest absolute Gasteiger partial charge is 0.0931 e. The van der Waals surface area contributed by atoms with Gasteiger partial charge in [-0.2, -0.15) is 5.10 Å². The molecule has 1 atom stereocenters. The molecule has 0 saturated carbocycles. The number of nitrogens with zero attached hydrogens (tertiary/aromatic N) is 2. The summed E-state index contributed by atoms with van der Waals surface area (Å²) in [5.74, 6) is 0. The predicted molar refractivity (Wildman–Crippen MR) is 69.3 cm³/mol. The van der Waals surface area contributed by atoms with Gasteiger partial charge in [-0.25, -0.2) is 0 Å². The number of halogens is 1. The fourth-order valence-electron chi connectivity index (χ4n) is 1.50. The zero-order valence-corrected chi connectivity index (χ0v) is 10.8. The maximum absolute atomic E-state index is 9.76. The molecule has 0 spiro atoms. The van der Waals surface area contributed by atoms with Crippen molar-refractivity contribution in [3.63, 3.8) is 0 Å². The molecule has 6 heteroatoms. The van der Waals surface area contributed by atoms with Gasteiger partial charge in [0.25, 0.3) is 0 Å². The highest BCUT2D eigenvalue weighted by Gasteiger charge is 2.05. The van der Waals surface area contributed by atoms with Crippen LogP contribution in [0.2, 0.25) is 4.34 Å². The number of rotatable bonds is 6. The third-order valence-electron chi connectivity index (χ3n) is 2.27. The van der Waals surface area contributed by atoms with E-state index in [0.717, 1.165) is 10.9 Å². The van der Waals surface area contributed by atoms with Crippen LogP contribution < -0.4 is 5.32 Å². The standard InChI is InChI=1S/C11H14ClN3OS/c12-11-3-2-10(17-11)7-13-6-9(16)8-15-5-1-4-14-15/h1-5,9,13,16H,6-8H2. The van der Waals surface area contributed by atoms with Crippen LogP contribution in [0.25, 0.3) is 0 Å². The molecule has 0 bridgehead atoms. The summed E-state index contributed by atoms with van der Waals surface area (Å²) in [6.45, 7) is 1.77. The molecule has 92 valence electrons. The first kappa shape index (κ1) is 12.6. The summed E-state index contributed by atoms with van der Waals surface area (Å²) in [6.07, 6.45) is 3.10. The third kappa shape index (κ3) is 4.12. The lowest BCUT2D eigenvalue weighted by molar-refractivity contribution is 0.146. The van der Waals surface area contributed by atoms with Gasteiger partial charge in [0.05, 0.1) is 17.0 Å². The average Bonchev–Trinajstić information content (AvgIpc) is 2.90. The minimum absolute atomic E-state index is 0.440. The van der Waals surface area contributed by atoms with Gasteiger partial charge >= 0.3 is 0 Å². The lowest BCUT2D eigenvalue weighted by atomic mass is 10.3. The zero-order valence-electron chi connectivity index (χ0n) is 9.21. The van der Waals surface area contributed by atoms with Crippen molar-refractivity contribution in [2.75, 3.05) is 6.54 Å². The largest absolute Gasteiger partial charge is 0.390 e. The Balaban J connectivity index is 1.68. The van der Waals surface area contributed by atoms with E-state index >= 15 is 0 Å². The van der Waals surface area contributed by atoms with Crippen molar-refractivity contribution in [3.05, 3.63) is 39.8 Å².